The Bertz CT molecular complexity index is 1920. The number of ether oxygens (including phenoxy) is 1. The van der Waals surface area contributed by atoms with Crippen LogP contribution in [0.4, 0.5) is 16.3 Å². The first-order valence-corrected chi connectivity index (χ1v) is 15.5. The lowest BCUT2D eigenvalue weighted by Crippen LogP contribution is -2.39. The second-order valence-electron chi connectivity index (χ2n) is 11.4. The molecule has 1 aliphatic rings. The summed E-state index contributed by atoms with van der Waals surface area (Å²) in [7, 11) is -3.32. The summed E-state index contributed by atoms with van der Waals surface area (Å²) in [5.41, 5.74) is 3.33. The molecule has 5 rings (SSSR count). The number of hydrogen-bond donors (Lipinski definition) is 2. The minimum atomic E-state index is -3.32. The molecule has 10 heteroatoms. The molecule has 4 aromatic rings. The Hall–Kier alpha value is -4.88. The Morgan fingerprint density at radius 1 is 1.00 bits per heavy atom. The number of aromatic nitrogens is 1. The van der Waals surface area contributed by atoms with Crippen molar-refractivity contribution in [2.24, 2.45) is 0 Å². The van der Waals surface area contributed by atoms with Crippen LogP contribution in [0.2, 0.25) is 0 Å². The highest BCUT2D eigenvalue weighted by molar-refractivity contribution is 7.90. The van der Waals surface area contributed by atoms with Crippen molar-refractivity contribution >= 4 is 44.2 Å². The summed E-state index contributed by atoms with van der Waals surface area (Å²) < 4.78 is 29.1. The standard InChI is InChI=1S/C33H31N3O6S/c1-33(2,3)42-32(39)36-16-15-22-17-21(5-7-24(22)20-36)6-13-27-28(31(37)38)14-8-23-19-34-30(18-29(23)27)35-25-9-11-26(12-10-25)43(4,40)41/h5,7-12,14,17-19H,15-16,20H2,1-4H3,(H,34,35)(H,37,38). The number of hydrogen-bond acceptors (Lipinski definition) is 7. The van der Waals surface area contributed by atoms with Gasteiger partial charge in [-0.2, -0.15) is 0 Å². The summed E-state index contributed by atoms with van der Waals surface area (Å²) >= 11 is 0. The molecule has 1 aliphatic heterocycles. The molecule has 0 saturated heterocycles. The van der Waals surface area contributed by atoms with Crippen molar-refractivity contribution in [1.82, 2.24) is 9.88 Å². The Balaban J connectivity index is 1.44. The van der Waals surface area contributed by atoms with Gasteiger partial charge < -0.3 is 20.1 Å². The number of carbonyl (C=O) groups excluding carboxylic acids is 1. The van der Waals surface area contributed by atoms with Gasteiger partial charge in [-0.05, 0) is 86.8 Å². The predicted octanol–water partition coefficient (Wildman–Crippen LogP) is 5.77. The second-order valence-corrected chi connectivity index (χ2v) is 13.4. The zero-order valence-corrected chi connectivity index (χ0v) is 25.1. The number of nitrogens with one attached hydrogen (secondary N) is 1. The van der Waals surface area contributed by atoms with E-state index < -0.39 is 21.4 Å². The first-order valence-electron chi connectivity index (χ1n) is 13.6. The SMILES string of the molecule is CC(C)(C)OC(=O)N1CCc2cc(C#Cc3c(C(=O)O)ccc4cnc(Nc5ccc(S(C)(=O)=O)cc5)cc34)ccc2C1. The van der Waals surface area contributed by atoms with Gasteiger partial charge in [-0.25, -0.2) is 23.0 Å². The molecule has 0 bridgehead atoms. The smallest absolute Gasteiger partial charge is 0.410 e. The number of carboxylic acid groups (broad SMARTS) is 1. The third kappa shape index (κ3) is 6.96. The third-order valence-corrected chi connectivity index (χ3v) is 8.02. The van der Waals surface area contributed by atoms with Gasteiger partial charge in [0.05, 0.1) is 10.5 Å². The van der Waals surface area contributed by atoms with E-state index in [0.29, 0.717) is 42.0 Å². The van der Waals surface area contributed by atoms with E-state index in [9.17, 15) is 23.1 Å². The maximum absolute atomic E-state index is 12.5. The molecule has 1 amide bonds. The maximum Gasteiger partial charge on any atom is 0.410 e. The summed E-state index contributed by atoms with van der Waals surface area (Å²) in [4.78, 5) is 31.0. The van der Waals surface area contributed by atoms with Crippen LogP contribution in [0, 0.1) is 11.8 Å². The minimum absolute atomic E-state index is 0.0700. The predicted molar refractivity (Wildman–Crippen MR) is 164 cm³/mol. The molecule has 2 heterocycles. The Labute approximate surface area is 250 Å². The lowest BCUT2D eigenvalue weighted by atomic mass is 9.96. The maximum atomic E-state index is 12.5. The Kier molecular flexibility index (Phi) is 7.86. The first-order chi connectivity index (χ1) is 20.3. The topological polar surface area (TPSA) is 126 Å². The number of fused-ring (bicyclic) bond motifs is 2. The quantitative estimate of drug-likeness (QED) is 0.284. The number of pyridine rings is 1. The number of anilines is 2. The molecule has 0 spiro atoms. The third-order valence-electron chi connectivity index (χ3n) is 6.89. The molecule has 43 heavy (non-hydrogen) atoms. The molecule has 220 valence electrons. The van der Waals surface area contributed by atoms with Crippen molar-refractivity contribution in [3.63, 3.8) is 0 Å². The minimum Gasteiger partial charge on any atom is -0.478 e. The largest absolute Gasteiger partial charge is 0.478 e. The summed E-state index contributed by atoms with van der Waals surface area (Å²) in [6.45, 7) is 6.51. The van der Waals surface area contributed by atoms with E-state index in [1.54, 1.807) is 35.4 Å². The van der Waals surface area contributed by atoms with E-state index in [1.165, 1.54) is 18.2 Å². The molecular weight excluding hydrogens is 566 g/mol. The van der Waals surface area contributed by atoms with E-state index in [2.05, 4.69) is 22.1 Å². The normalized spacial score (nSPS) is 13.1. The van der Waals surface area contributed by atoms with Gasteiger partial charge in [0.15, 0.2) is 9.84 Å². The number of nitrogens with zero attached hydrogens (tertiary/aromatic N) is 2. The zero-order valence-electron chi connectivity index (χ0n) is 24.3. The van der Waals surface area contributed by atoms with Gasteiger partial charge in [0, 0.05) is 53.1 Å². The highest BCUT2D eigenvalue weighted by Gasteiger charge is 2.25. The lowest BCUT2D eigenvalue weighted by Gasteiger charge is -2.31. The second kappa shape index (κ2) is 11.4. The lowest BCUT2D eigenvalue weighted by molar-refractivity contribution is 0.0223. The fourth-order valence-corrected chi connectivity index (χ4v) is 5.41. The van der Waals surface area contributed by atoms with Crippen LogP contribution in [0.3, 0.4) is 0 Å². The fourth-order valence-electron chi connectivity index (χ4n) is 4.78. The number of carbonyl (C=O) groups is 2. The van der Waals surface area contributed by atoms with Gasteiger partial charge in [-0.1, -0.05) is 24.0 Å². The van der Waals surface area contributed by atoms with Gasteiger partial charge in [-0.3, -0.25) is 0 Å². The van der Waals surface area contributed by atoms with Crippen LogP contribution in [0.15, 0.2) is 71.8 Å². The van der Waals surface area contributed by atoms with E-state index in [-0.39, 0.29) is 16.6 Å². The molecule has 0 fully saturated rings. The Morgan fingerprint density at radius 2 is 1.74 bits per heavy atom. The molecule has 0 unspecified atom stereocenters. The van der Waals surface area contributed by atoms with Gasteiger partial charge in [0.25, 0.3) is 0 Å². The van der Waals surface area contributed by atoms with Crippen molar-refractivity contribution in [2.75, 3.05) is 18.1 Å². The van der Waals surface area contributed by atoms with Crippen molar-refractivity contribution in [1.29, 1.82) is 0 Å². The van der Waals surface area contributed by atoms with Crippen LogP contribution in [0.5, 0.6) is 0 Å². The molecule has 0 radical (unpaired) electrons. The molecule has 3 aromatic carbocycles. The van der Waals surface area contributed by atoms with Gasteiger partial charge >= 0.3 is 12.1 Å². The molecule has 1 aromatic heterocycles. The van der Waals surface area contributed by atoms with Crippen LogP contribution in [0.25, 0.3) is 10.8 Å². The van der Waals surface area contributed by atoms with Gasteiger partial charge in [0.2, 0.25) is 0 Å². The summed E-state index contributed by atoms with van der Waals surface area (Å²) in [5, 5.41) is 14.4. The van der Waals surface area contributed by atoms with Crippen LogP contribution in [-0.4, -0.2) is 53.9 Å². The van der Waals surface area contributed by atoms with E-state index in [0.717, 1.165) is 28.3 Å². The average Bonchev–Trinajstić information content (AvgIpc) is 2.94. The van der Waals surface area contributed by atoms with E-state index >= 15 is 0 Å². The van der Waals surface area contributed by atoms with Crippen LogP contribution in [-0.2, 0) is 27.5 Å². The van der Waals surface area contributed by atoms with Crippen molar-refractivity contribution in [3.05, 3.63) is 94.7 Å². The molecule has 2 N–H and O–H groups in total. The summed E-state index contributed by atoms with van der Waals surface area (Å²) in [5.74, 6) is 5.58. The van der Waals surface area contributed by atoms with Crippen LogP contribution in [0.1, 0.15) is 53.4 Å². The molecule has 9 nitrogen and oxygen atoms in total. The summed E-state index contributed by atoms with van der Waals surface area (Å²) in [6.07, 6.45) is 3.10. The average molecular weight is 598 g/mol. The molecular formula is C33H31N3O6S. The molecule has 0 atom stereocenters. The number of benzene rings is 3. The number of sulfone groups is 1. The number of carboxylic acids is 1. The number of aromatic carboxylic acids is 1. The first kappa shape index (κ1) is 29.6. The van der Waals surface area contributed by atoms with Gasteiger partial charge in [-0.15, -0.1) is 0 Å². The van der Waals surface area contributed by atoms with Crippen molar-refractivity contribution < 1.29 is 27.9 Å². The number of amides is 1. The van der Waals surface area contributed by atoms with E-state index in [1.807, 2.05) is 39.0 Å². The van der Waals surface area contributed by atoms with Crippen molar-refractivity contribution in [2.45, 2.75) is 44.2 Å². The molecule has 0 saturated carbocycles. The highest BCUT2D eigenvalue weighted by atomic mass is 32.2. The summed E-state index contributed by atoms with van der Waals surface area (Å²) in [6, 6.07) is 17.0. The Morgan fingerprint density at radius 3 is 2.42 bits per heavy atom. The molecule has 0 aliphatic carbocycles. The zero-order chi connectivity index (χ0) is 30.9. The highest BCUT2D eigenvalue weighted by Crippen LogP contribution is 2.27. The van der Waals surface area contributed by atoms with Crippen molar-refractivity contribution in [3.8, 4) is 11.8 Å². The van der Waals surface area contributed by atoms with Crippen LogP contribution >= 0.6 is 0 Å². The van der Waals surface area contributed by atoms with Crippen LogP contribution < -0.4 is 5.32 Å². The van der Waals surface area contributed by atoms with Gasteiger partial charge in [0.1, 0.15) is 11.4 Å². The number of rotatable bonds is 4. The fraction of sp³-hybridized carbons (Fsp3) is 0.242. The van der Waals surface area contributed by atoms with E-state index in [4.69, 9.17) is 4.74 Å². The monoisotopic (exact) mass is 597 g/mol.